The Bertz CT molecular complexity index is 802. The van der Waals surface area contributed by atoms with Gasteiger partial charge >= 0.3 is 0 Å². The molecule has 0 bridgehead atoms. The molecule has 0 fully saturated rings. The predicted molar refractivity (Wildman–Crippen MR) is 207 cm³/mol. The average molecular weight is 634 g/mol. The fraction of sp³-hybridized carbons (Fsp3) is 0.795. The molecule has 262 valence electrons. The van der Waals surface area contributed by atoms with Crippen LogP contribution >= 0.6 is 0 Å². The van der Waals surface area contributed by atoms with Crippen LogP contribution in [0.15, 0.2) is 40.3 Å². The van der Waals surface area contributed by atoms with Crippen LogP contribution in [0.4, 0.5) is 0 Å². The summed E-state index contributed by atoms with van der Waals surface area (Å²) in [5.74, 6) is 1.14. The lowest BCUT2D eigenvalue weighted by atomic mass is 9.78. The summed E-state index contributed by atoms with van der Waals surface area (Å²) in [6.45, 7) is 4.61. The first-order valence-corrected chi connectivity index (χ1v) is 20.8. The fourth-order valence-electron chi connectivity index (χ4n) is 7.54. The minimum absolute atomic E-state index is 0.495. The number of aliphatic imine (C=N–C) groups is 2. The highest BCUT2D eigenvalue weighted by Crippen LogP contribution is 2.37. The molecule has 2 atom stereocenters. The smallest absolute Gasteiger partial charge is 0.0965 e. The van der Waals surface area contributed by atoms with Crippen molar-refractivity contribution in [2.75, 3.05) is 0 Å². The maximum atomic E-state index is 4.77. The summed E-state index contributed by atoms with van der Waals surface area (Å²) in [4.78, 5) is 9.54. The first-order valence-electron chi connectivity index (χ1n) is 20.8. The van der Waals surface area contributed by atoms with Crippen molar-refractivity contribution in [3.8, 4) is 0 Å². The summed E-state index contributed by atoms with van der Waals surface area (Å²) >= 11 is 0. The molecular weight excluding hydrogens is 556 g/mol. The Kier molecular flexibility index (Phi) is 27.1. The molecule has 0 saturated carbocycles. The lowest BCUT2D eigenvalue weighted by Gasteiger charge is -2.26. The van der Waals surface area contributed by atoms with Crippen molar-refractivity contribution >= 4 is 12.4 Å². The minimum Gasteiger partial charge on any atom is -0.0965 e. The topological polar surface area (TPSA) is 24.7 Å². The van der Waals surface area contributed by atoms with E-state index in [1.807, 2.05) is 12.4 Å². The van der Waals surface area contributed by atoms with Crippen LogP contribution in [0.25, 0.3) is 0 Å². The van der Waals surface area contributed by atoms with Crippen LogP contribution in [-0.4, -0.2) is 12.4 Å². The van der Waals surface area contributed by atoms with Crippen molar-refractivity contribution in [1.82, 2.24) is 0 Å². The summed E-state index contributed by atoms with van der Waals surface area (Å²) in [7, 11) is 0. The second-order valence-electron chi connectivity index (χ2n) is 14.7. The van der Waals surface area contributed by atoms with Gasteiger partial charge in [-0.25, -0.2) is 0 Å². The van der Waals surface area contributed by atoms with E-state index in [-0.39, 0.29) is 0 Å². The number of rotatable bonds is 34. The fourth-order valence-corrected chi connectivity index (χ4v) is 7.54. The number of unbranched alkanes of at least 4 members (excludes halogenated alkanes) is 26. The van der Waals surface area contributed by atoms with E-state index in [0.29, 0.717) is 11.8 Å². The van der Waals surface area contributed by atoms with E-state index >= 15 is 0 Å². The van der Waals surface area contributed by atoms with Crippen molar-refractivity contribution < 1.29 is 0 Å². The Hall–Kier alpha value is -1.57. The second-order valence-corrected chi connectivity index (χ2v) is 14.7. The standard InChI is InChI=1S/C44H77N2/c1-3-5-7-9-11-13-15-17-18-19-20-22-24-26-28-33-37-43(44-45-38-39-46-44)42(40-41-34-30-29-31-35-41)36-32-27-25-23-21-16-14-12-10-8-6-4-2/h29-31,34-35,38-39,42-43H,3-28,32-33,36-37,40H2,1-2H3/q+1. The van der Waals surface area contributed by atoms with Gasteiger partial charge in [-0.1, -0.05) is 234 Å². The Labute approximate surface area is 288 Å². The Morgan fingerprint density at radius 3 is 1.17 bits per heavy atom. The monoisotopic (exact) mass is 634 g/mol. The van der Waals surface area contributed by atoms with E-state index in [9.17, 15) is 0 Å². The van der Waals surface area contributed by atoms with Crippen LogP contribution in [-0.2, 0) is 6.42 Å². The van der Waals surface area contributed by atoms with Crippen molar-refractivity contribution in [2.45, 2.75) is 213 Å². The van der Waals surface area contributed by atoms with Crippen LogP contribution < -0.4 is 0 Å². The summed E-state index contributed by atoms with van der Waals surface area (Å²) in [5, 5.41) is 0. The van der Waals surface area contributed by atoms with Gasteiger partial charge in [0.2, 0.25) is 6.17 Å². The average Bonchev–Trinajstić information content (AvgIpc) is 3.62. The number of benzene rings is 1. The molecular formula is C44H77N2+. The Morgan fingerprint density at radius 2 is 0.783 bits per heavy atom. The van der Waals surface area contributed by atoms with Gasteiger partial charge < -0.3 is 0 Å². The van der Waals surface area contributed by atoms with Crippen LogP contribution in [0.1, 0.15) is 212 Å². The number of hydrogen-bond donors (Lipinski definition) is 0. The Morgan fingerprint density at radius 1 is 0.435 bits per heavy atom. The minimum atomic E-state index is 0.495. The molecule has 1 aliphatic heterocycles. The molecule has 0 radical (unpaired) electrons. The van der Waals surface area contributed by atoms with Crippen LogP contribution in [0.2, 0.25) is 0 Å². The molecule has 2 heteroatoms. The summed E-state index contributed by atoms with van der Waals surface area (Å²) in [6.07, 6.45) is 48.5. The number of nitrogens with zero attached hydrogens (tertiary/aromatic N) is 2. The molecule has 0 aliphatic carbocycles. The van der Waals surface area contributed by atoms with Crippen LogP contribution in [0, 0.1) is 18.0 Å². The van der Waals surface area contributed by atoms with E-state index < -0.39 is 0 Å². The first-order chi connectivity index (χ1) is 22.8. The van der Waals surface area contributed by atoms with Gasteiger partial charge in [0.1, 0.15) is 0 Å². The molecule has 0 aromatic heterocycles. The molecule has 2 nitrogen and oxygen atoms in total. The second kappa shape index (κ2) is 30.7. The maximum absolute atomic E-state index is 4.77. The molecule has 2 unspecified atom stereocenters. The van der Waals surface area contributed by atoms with Gasteiger partial charge in [-0.2, -0.15) is 0 Å². The molecule has 2 rings (SSSR count). The van der Waals surface area contributed by atoms with Gasteiger partial charge in [-0.3, -0.25) is 0 Å². The van der Waals surface area contributed by atoms with Crippen LogP contribution in [0.5, 0.6) is 0 Å². The highest BCUT2D eigenvalue weighted by Gasteiger charge is 2.35. The maximum Gasteiger partial charge on any atom is 0.244 e. The van der Waals surface area contributed by atoms with Crippen molar-refractivity contribution in [2.24, 2.45) is 21.8 Å². The molecule has 0 saturated heterocycles. The van der Waals surface area contributed by atoms with Crippen molar-refractivity contribution in [3.63, 3.8) is 0 Å². The molecule has 0 N–H and O–H groups in total. The first kappa shape index (κ1) is 40.6. The van der Waals surface area contributed by atoms with E-state index in [4.69, 9.17) is 9.98 Å². The molecule has 1 aromatic carbocycles. The molecule has 1 heterocycles. The largest absolute Gasteiger partial charge is 0.244 e. The summed E-state index contributed by atoms with van der Waals surface area (Å²) in [6, 6.07) is 11.2. The third-order valence-corrected chi connectivity index (χ3v) is 10.5. The molecule has 1 aliphatic rings. The Balaban J connectivity index is 1.63. The third-order valence-electron chi connectivity index (χ3n) is 10.5. The lowest BCUT2D eigenvalue weighted by Crippen LogP contribution is -2.22. The third kappa shape index (κ3) is 22.1. The SMILES string of the molecule is CCCCCCCCCCCCCCCCCCC([C+]1N=CC=N1)C(CCCCCCCCCCCCCC)Cc1ccccc1. The zero-order chi connectivity index (χ0) is 32.6. The molecule has 0 spiro atoms. The highest BCUT2D eigenvalue weighted by atomic mass is 15.0. The molecule has 1 aromatic rings. The van der Waals surface area contributed by atoms with E-state index in [0.717, 1.165) is 12.6 Å². The highest BCUT2D eigenvalue weighted by molar-refractivity contribution is 6.18. The molecule has 0 amide bonds. The van der Waals surface area contributed by atoms with Gasteiger partial charge in [0.05, 0.1) is 5.92 Å². The van der Waals surface area contributed by atoms with Gasteiger partial charge in [0.15, 0.2) is 12.4 Å². The molecule has 46 heavy (non-hydrogen) atoms. The van der Waals surface area contributed by atoms with Gasteiger partial charge in [0, 0.05) is 0 Å². The van der Waals surface area contributed by atoms with Crippen molar-refractivity contribution in [1.29, 1.82) is 0 Å². The van der Waals surface area contributed by atoms with E-state index in [2.05, 4.69) is 44.2 Å². The quantitative estimate of drug-likeness (QED) is 0.0533. The van der Waals surface area contributed by atoms with Gasteiger partial charge in [0.25, 0.3) is 0 Å². The number of hydrogen-bond acceptors (Lipinski definition) is 2. The predicted octanol–water partition coefficient (Wildman–Crippen LogP) is 14.8. The van der Waals surface area contributed by atoms with E-state index in [1.165, 1.54) is 198 Å². The zero-order valence-corrected chi connectivity index (χ0v) is 31.0. The zero-order valence-electron chi connectivity index (χ0n) is 31.0. The van der Waals surface area contributed by atoms with Gasteiger partial charge in [-0.05, 0) is 30.7 Å². The lowest BCUT2D eigenvalue weighted by molar-refractivity contribution is 0.284. The summed E-state index contributed by atoms with van der Waals surface area (Å²) < 4.78 is 0. The normalized spacial score (nSPS) is 14.0. The van der Waals surface area contributed by atoms with Crippen LogP contribution in [0.3, 0.4) is 0 Å². The van der Waals surface area contributed by atoms with Crippen molar-refractivity contribution in [3.05, 3.63) is 42.1 Å². The van der Waals surface area contributed by atoms with E-state index in [1.54, 1.807) is 0 Å². The summed E-state index contributed by atoms with van der Waals surface area (Å²) in [5.41, 5.74) is 1.48. The van der Waals surface area contributed by atoms with Gasteiger partial charge in [-0.15, -0.1) is 0 Å².